The minimum absolute atomic E-state index is 0.0924. The van der Waals surface area contributed by atoms with Gasteiger partial charge in [-0.15, -0.1) is 0 Å². The summed E-state index contributed by atoms with van der Waals surface area (Å²) in [5.41, 5.74) is 7.73. The number of benzene rings is 2. The van der Waals surface area contributed by atoms with E-state index < -0.39 is 9.84 Å². The molecule has 0 spiro atoms. The van der Waals surface area contributed by atoms with Gasteiger partial charge in [-0.2, -0.15) is 0 Å². The van der Waals surface area contributed by atoms with E-state index in [1.54, 1.807) is 24.3 Å². The number of rotatable bonds is 5. The highest BCUT2D eigenvalue weighted by Gasteiger charge is 2.13. The van der Waals surface area contributed by atoms with E-state index in [1.807, 2.05) is 31.2 Å². The highest BCUT2D eigenvalue weighted by atomic mass is 79.9. The van der Waals surface area contributed by atoms with Gasteiger partial charge >= 0.3 is 0 Å². The van der Waals surface area contributed by atoms with Crippen molar-refractivity contribution in [2.24, 2.45) is 10.7 Å². The molecule has 2 rings (SSSR count). The maximum Gasteiger partial charge on any atom is 0.193 e. The van der Waals surface area contributed by atoms with Gasteiger partial charge in [0.1, 0.15) is 0 Å². The third-order valence-electron chi connectivity index (χ3n) is 3.14. The quantitative estimate of drug-likeness (QED) is 0.601. The number of aliphatic imine (C=N–C) groups is 1. The molecule has 2 aromatic rings. The lowest BCUT2D eigenvalue weighted by Crippen LogP contribution is -2.23. The van der Waals surface area contributed by atoms with E-state index in [0.717, 1.165) is 15.7 Å². The molecule has 0 radical (unpaired) electrons. The Morgan fingerprint density at radius 2 is 1.74 bits per heavy atom. The number of aryl methyl sites for hydroxylation is 1. The van der Waals surface area contributed by atoms with Gasteiger partial charge in [0.15, 0.2) is 15.8 Å². The summed E-state index contributed by atoms with van der Waals surface area (Å²) < 4.78 is 25.2. The molecular weight excluding hydrogens is 378 g/mol. The summed E-state index contributed by atoms with van der Waals surface area (Å²) in [5.74, 6) is 0.102. The number of anilines is 1. The first-order chi connectivity index (χ1) is 10.9. The Kier molecular flexibility index (Phi) is 5.79. The Morgan fingerprint density at radius 3 is 2.35 bits per heavy atom. The molecule has 0 saturated carbocycles. The number of halogens is 1. The lowest BCUT2D eigenvalue weighted by molar-refractivity contribution is 0.596. The number of sulfone groups is 1. The molecule has 0 amide bonds. The Morgan fingerprint density at radius 1 is 1.13 bits per heavy atom. The molecule has 23 heavy (non-hydrogen) atoms. The Bertz CT molecular complexity index is 785. The molecule has 0 aromatic heterocycles. The van der Waals surface area contributed by atoms with Crippen molar-refractivity contribution in [1.82, 2.24) is 0 Å². The molecule has 0 fully saturated rings. The number of nitrogens with two attached hydrogens (primary N) is 1. The van der Waals surface area contributed by atoms with Crippen molar-refractivity contribution in [3.8, 4) is 0 Å². The number of nitrogens with zero attached hydrogens (tertiary/aromatic N) is 1. The van der Waals surface area contributed by atoms with Crippen LogP contribution >= 0.6 is 15.9 Å². The first-order valence-corrected chi connectivity index (χ1v) is 9.43. The van der Waals surface area contributed by atoms with E-state index in [2.05, 4.69) is 26.2 Å². The van der Waals surface area contributed by atoms with E-state index in [9.17, 15) is 8.42 Å². The summed E-state index contributed by atoms with van der Waals surface area (Å²) in [4.78, 5) is 4.34. The number of hydrogen-bond acceptors (Lipinski definition) is 3. The lowest BCUT2D eigenvalue weighted by atomic mass is 10.2. The van der Waals surface area contributed by atoms with Gasteiger partial charge in [0.25, 0.3) is 0 Å². The van der Waals surface area contributed by atoms with Gasteiger partial charge in [-0.1, -0.05) is 33.6 Å². The summed E-state index contributed by atoms with van der Waals surface area (Å²) in [5, 5.41) is 2.93. The van der Waals surface area contributed by atoms with Crippen LogP contribution in [0.4, 0.5) is 5.69 Å². The first kappa shape index (κ1) is 17.5. The standard InChI is InChI=1S/C16H18BrN3O2S/c1-12-2-6-14(7-3-12)20-16(18)19-10-11-23(21,22)15-8-4-13(17)5-9-15/h2-9H,10-11H2,1H3,(H3,18,19,20). The second-order valence-electron chi connectivity index (χ2n) is 5.03. The molecule has 122 valence electrons. The zero-order chi connectivity index (χ0) is 16.9. The SMILES string of the molecule is Cc1ccc(NC(N)=NCCS(=O)(=O)c2ccc(Br)cc2)cc1. The van der Waals surface area contributed by atoms with E-state index in [4.69, 9.17) is 5.73 Å². The normalized spacial score (nSPS) is 12.2. The van der Waals surface area contributed by atoms with Crippen LogP contribution in [-0.2, 0) is 9.84 Å². The van der Waals surface area contributed by atoms with E-state index in [1.165, 1.54) is 0 Å². The van der Waals surface area contributed by atoms with E-state index in [0.29, 0.717) is 0 Å². The zero-order valence-electron chi connectivity index (χ0n) is 12.7. The minimum atomic E-state index is -3.36. The summed E-state index contributed by atoms with van der Waals surface area (Å²) in [6, 6.07) is 14.2. The van der Waals surface area contributed by atoms with Crippen LogP contribution in [0.25, 0.3) is 0 Å². The third kappa shape index (κ3) is 5.37. The van der Waals surface area contributed by atoms with Crippen molar-refractivity contribution < 1.29 is 8.42 Å². The third-order valence-corrected chi connectivity index (χ3v) is 5.38. The highest BCUT2D eigenvalue weighted by molar-refractivity contribution is 9.10. The largest absolute Gasteiger partial charge is 0.370 e. The first-order valence-electron chi connectivity index (χ1n) is 6.99. The second-order valence-corrected chi connectivity index (χ2v) is 8.06. The topological polar surface area (TPSA) is 84.5 Å². The van der Waals surface area contributed by atoms with Crippen molar-refractivity contribution in [2.75, 3.05) is 17.6 Å². The number of nitrogens with one attached hydrogen (secondary N) is 1. The molecule has 0 aliphatic rings. The van der Waals surface area contributed by atoms with Gasteiger partial charge in [0.2, 0.25) is 0 Å². The molecular formula is C16H18BrN3O2S. The molecule has 0 atom stereocenters. The average molecular weight is 396 g/mol. The number of hydrogen-bond donors (Lipinski definition) is 2. The molecule has 7 heteroatoms. The molecule has 0 unspecified atom stereocenters. The zero-order valence-corrected chi connectivity index (χ0v) is 15.1. The van der Waals surface area contributed by atoms with Gasteiger partial charge < -0.3 is 11.1 Å². The second kappa shape index (κ2) is 7.61. The summed E-state index contributed by atoms with van der Waals surface area (Å²) in [7, 11) is -3.36. The van der Waals surface area contributed by atoms with Crippen LogP contribution in [0.1, 0.15) is 5.56 Å². The van der Waals surface area contributed by atoms with Gasteiger partial charge in [-0.25, -0.2) is 8.42 Å². The van der Waals surface area contributed by atoms with Gasteiger partial charge in [-0.05, 0) is 43.3 Å². The molecule has 0 heterocycles. The summed E-state index contributed by atoms with van der Waals surface area (Å²) >= 11 is 3.28. The monoisotopic (exact) mass is 395 g/mol. The average Bonchev–Trinajstić information content (AvgIpc) is 2.50. The van der Waals surface area contributed by atoms with Crippen LogP contribution in [0.5, 0.6) is 0 Å². The Hall–Kier alpha value is -1.86. The van der Waals surface area contributed by atoms with Crippen molar-refractivity contribution in [3.63, 3.8) is 0 Å². The fraction of sp³-hybridized carbons (Fsp3) is 0.188. The van der Waals surface area contributed by atoms with Crippen LogP contribution < -0.4 is 11.1 Å². The van der Waals surface area contributed by atoms with Crippen LogP contribution in [0, 0.1) is 6.92 Å². The van der Waals surface area contributed by atoms with Crippen LogP contribution in [0.15, 0.2) is 62.9 Å². The highest BCUT2D eigenvalue weighted by Crippen LogP contribution is 2.15. The van der Waals surface area contributed by atoms with E-state index in [-0.39, 0.29) is 23.2 Å². The summed E-state index contributed by atoms with van der Waals surface area (Å²) in [6.45, 7) is 2.09. The van der Waals surface area contributed by atoms with Crippen LogP contribution in [-0.4, -0.2) is 26.7 Å². The fourth-order valence-corrected chi connectivity index (χ4v) is 3.25. The van der Waals surface area contributed by atoms with Gasteiger partial charge in [0, 0.05) is 10.2 Å². The number of guanidine groups is 1. The van der Waals surface area contributed by atoms with Crippen molar-refractivity contribution >= 4 is 37.4 Å². The fourth-order valence-electron chi connectivity index (χ4n) is 1.87. The predicted octanol–water partition coefficient (Wildman–Crippen LogP) is 2.96. The predicted molar refractivity (Wildman–Crippen MR) is 97.5 cm³/mol. The van der Waals surface area contributed by atoms with Crippen LogP contribution in [0.2, 0.25) is 0 Å². The maximum absolute atomic E-state index is 12.2. The molecule has 5 nitrogen and oxygen atoms in total. The lowest BCUT2D eigenvalue weighted by Gasteiger charge is -2.06. The summed E-state index contributed by atoms with van der Waals surface area (Å²) in [6.07, 6.45) is 0. The van der Waals surface area contributed by atoms with Gasteiger partial charge in [0.05, 0.1) is 17.2 Å². The Balaban J connectivity index is 1.94. The molecule has 3 N–H and O–H groups in total. The molecule has 2 aromatic carbocycles. The molecule has 0 aliphatic heterocycles. The minimum Gasteiger partial charge on any atom is -0.370 e. The van der Waals surface area contributed by atoms with Gasteiger partial charge in [-0.3, -0.25) is 4.99 Å². The van der Waals surface area contributed by atoms with E-state index >= 15 is 0 Å². The van der Waals surface area contributed by atoms with Crippen LogP contribution in [0.3, 0.4) is 0 Å². The smallest absolute Gasteiger partial charge is 0.193 e. The molecule has 0 bridgehead atoms. The van der Waals surface area contributed by atoms with Crippen molar-refractivity contribution in [2.45, 2.75) is 11.8 Å². The molecule has 0 aliphatic carbocycles. The van der Waals surface area contributed by atoms with Crippen molar-refractivity contribution in [3.05, 3.63) is 58.6 Å². The Labute approximate surface area is 144 Å². The molecule has 0 saturated heterocycles. The maximum atomic E-state index is 12.2. The van der Waals surface area contributed by atoms with Crippen molar-refractivity contribution in [1.29, 1.82) is 0 Å².